The number of aryl methyl sites for hydroxylation is 2. The number of rotatable bonds is 7. The molecule has 7 heteroatoms. The molecule has 0 spiro atoms. The first-order valence-corrected chi connectivity index (χ1v) is 9.74. The molecule has 0 bridgehead atoms. The van der Waals surface area contributed by atoms with Crippen molar-refractivity contribution in [3.05, 3.63) is 64.7 Å². The molecule has 0 aliphatic heterocycles. The van der Waals surface area contributed by atoms with Crippen LogP contribution in [0.3, 0.4) is 0 Å². The molecular formula is C21H23ClN6. The highest BCUT2D eigenvalue weighted by Gasteiger charge is 2.12. The number of fused-ring (bicyclic) bond motifs is 1. The van der Waals surface area contributed by atoms with Gasteiger partial charge in [-0.05, 0) is 67.5 Å². The molecule has 6 nitrogen and oxygen atoms in total. The smallest absolute Gasteiger partial charge is 0.221 e. The zero-order valence-electron chi connectivity index (χ0n) is 16.1. The predicted octanol–water partition coefficient (Wildman–Crippen LogP) is 3.82. The highest BCUT2D eigenvalue weighted by molar-refractivity contribution is 6.30. The van der Waals surface area contributed by atoms with Crippen molar-refractivity contribution < 1.29 is 0 Å². The number of halogens is 1. The fourth-order valence-electron chi connectivity index (χ4n) is 3.23. The monoisotopic (exact) mass is 394 g/mol. The number of aromatic nitrogens is 5. The quantitative estimate of drug-likeness (QED) is 0.517. The van der Waals surface area contributed by atoms with Crippen LogP contribution < -0.4 is 0 Å². The van der Waals surface area contributed by atoms with E-state index in [0.29, 0.717) is 12.4 Å². The Hall–Kier alpha value is -2.70. The normalized spacial score (nSPS) is 11.6. The highest BCUT2D eigenvalue weighted by Crippen LogP contribution is 2.25. The number of hydrogen-bond acceptors (Lipinski definition) is 4. The topological polar surface area (TPSA) is 62.6 Å². The maximum Gasteiger partial charge on any atom is 0.221 e. The van der Waals surface area contributed by atoms with E-state index in [1.165, 1.54) is 16.5 Å². The third-order valence-electron chi connectivity index (χ3n) is 4.79. The number of benzene rings is 2. The largest absolute Gasteiger partial charge is 0.352 e. The number of hydrogen-bond donors (Lipinski definition) is 1. The maximum absolute atomic E-state index is 5.93. The number of H-pyrrole nitrogens is 1. The highest BCUT2D eigenvalue weighted by atomic mass is 35.5. The summed E-state index contributed by atoms with van der Waals surface area (Å²) in [4.78, 5) is 7.26. The van der Waals surface area contributed by atoms with Crippen LogP contribution in [0.1, 0.15) is 11.1 Å². The Kier molecular flexibility index (Phi) is 5.41. The van der Waals surface area contributed by atoms with Crippen molar-refractivity contribution in [3.63, 3.8) is 0 Å². The van der Waals surface area contributed by atoms with Crippen molar-refractivity contribution in [1.29, 1.82) is 0 Å². The van der Waals surface area contributed by atoms with Gasteiger partial charge in [-0.25, -0.2) is 0 Å². The number of nitrogens with zero attached hydrogens (tertiary/aromatic N) is 5. The van der Waals surface area contributed by atoms with Crippen LogP contribution in [0, 0.1) is 0 Å². The first-order valence-electron chi connectivity index (χ1n) is 9.36. The minimum atomic E-state index is 0.617. The summed E-state index contributed by atoms with van der Waals surface area (Å²) in [5, 5.41) is 14.9. The van der Waals surface area contributed by atoms with Gasteiger partial charge in [0, 0.05) is 22.5 Å². The molecule has 0 saturated heterocycles. The fourth-order valence-corrected chi connectivity index (χ4v) is 3.35. The van der Waals surface area contributed by atoms with Crippen LogP contribution in [0.4, 0.5) is 0 Å². The van der Waals surface area contributed by atoms with E-state index in [9.17, 15) is 0 Å². The predicted molar refractivity (Wildman–Crippen MR) is 113 cm³/mol. The first-order chi connectivity index (χ1) is 13.6. The van der Waals surface area contributed by atoms with E-state index < -0.39 is 0 Å². The lowest BCUT2D eigenvalue weighted by atomic mass is 10.1. The van der Waals surface area contributed by atoms with Gasteiger partial charge in [0.2, 0.25) is 5.82 Å². The second-order valence-electron chi connectivity index (χ2n) is 7.20. The van der Waals surface area contributed by atoms with Crippen molar-refractivity contribution in [1.82, 2.24) is 30.1 Å². The molecular weight excluding hydrogens is 372 g/mol. The number of likely N-dealkylation sites (N-methyl/N-ethyl adjacent to an activating group) is 1. The minimum Gasteiger partial charge on any atom is -0.352 e. The molecule has 4 aromatic rings. The Bertz CT molecular complexity index is 1060. The molecule has 0 saturated carbocycles. The summed E-state index contributed by atoms with van der Waals surface area (Å²) in [6, 6.07) is 16.3. The van der Waals surface area contributed by atoms with Crippen LogP contribution in [0.25, 0.3) is 22.4 Å². The summed E-state index contributed by atoms with van der Waals surface area (Å²) >= 11 is 5.93. The Morgan fingerprint density at radius 3 is 2.68 bits per heavy atom. The van der Waals surface area contributed by atoms with E-state index in [2.05, 4.69) is 63.7 Å². The maximum atomic E-state index is 5.93. The van der Waals surface area contributed by atoms with Crippen LogP contribution in [-0.4, -0.2) is 50.7 Å². The van der Waals surface area contributed by atoms with Crippen LogP contribution in [-0.2, 0) is 19.4 Å². The van der Waals surface area contributed by atoms with Gasteiger partial charge in [-0.1, -0.05) is 35.9 Å². The Balaban J connectivity index is 1.50. The Morgan fingerprint density at radius 1 is 1.07 bits per heavy atom. The van der Waals surface area contributed by atoms with Crippen LogP contribution in [0.2, 0.25) is 5.02 Å². The van der Waals surface area contributed by atoms with Crippen LogP contribution in [0.15, 0.2) is 48.5 Å². The molecule has 4 rings (SSSR count). The molecule has 2 heterocycles. The molecule has 0 amide bonds. The standard InChI is InChI=1S/C21H23ClN6/c1-27(2)12-11-16-4-3-5-19-18(16)14-20(23-19)21-24-26-28(25-21)13-10-15-6-8-17(22)9-7-15/h3-9,14,23H,10-13H2,1-2H3. The summed E-state index contributed by atoms with van der Waals surface area (Å²) in [7, 11) is 4.18. The van der Waals surface area contributed by atoms with Gasteiger partial charge in [-0.15, -0.1) is 10.2 Å². The summed E-state index contributed by atoms with van der Waals surface area (Å²) in [5.41, 5.74) is 4.51. The second kappa shape index (κ2) is 8.12. The molecule has 0 unspecified atom stereocenters. The lowest BCUT2D eigenvalue weighted by Gasteiger charge is -2.09. The van der Waals surface area contributed by atoms with Gasteiger partial charge in [-0.2, -0.15) is 4.80 Å². The van der Waals surface area contributed by atoms with E-state index in [-0.39, 0.29) is 0 Å². The van der Waals surface area contributed by atoms with E-state index in [0.717, 1.165) is 35.6 Å². The van der Waals surface area contributed by atoms with E-state index in [4.69, 9.17) is 11.6 Å². The van der Waals surface area contributed by atoms with Crippen molar-refractivity contribution >= 4 is 22.5 Å². The molecule has 0 aliphatic carbocycles. The van der Waals surface area contributed by atoms with Gasteiger partial charge in [0.05, 0.1) is 12.2 Å². The minimum absolute atomic E-state index is 0.617. The van der Waals surface area contributed by atoms with Gasteiger partial charge in [-0.3, -0.25) is 0 Å². The summed E-state index contributed by atoms with van der Waals surface area (Å²) in [5.74, 6) is 0.617. The second-order valence-corrected chi connectivity index (χ2v) is 7.64. The van der Waals surface area contributed by atoms with Crippen LogP contribution >= 0.6 is 11.6 Å². The van der Waals surface area contributed by atoms with E-state index in [1.807, 2.05) is 24.3 Å². The number of tetrazole rings is 1. The molecule has 0 fully saturated rings. The van der Waals surface area contributed by atoms with E-state index in [1.54, 1.807) is 4.80 Å². The average Bonchev–Trinajstić information content (AvgIpc) is 3.32. The molecule has 0 aliphatic rings. The molecule has 2 aromatic carbocycles. The van der Waals surface area contributed by atoms with E-state index >= 15 is 0 Å². The fraction of sp³-hybridized carbons (Fsp3) is 0.286. The summed E-state index contributed by atoms with van der Waals surface area (Å²) in [6.45, 7) is 1.68. The van der Waals surface area contributed by atoms with Gasteiger partial charge in [0.1, 0.15) is 0 Å². The van der Waals surface area contributed by atoms with Gasteiger partial charge in [0.25, 0.3) is 0 Å². The van der Waals surface area contributed by atoms with Gasteiger partial charge < -0.3 is 9.88 Å². The molecule has 1 N–H and O–H groups in total. The van der Waals surface area contributed by atoms with Crippen LogP contribution in [0.5, 0.6) is 0 Å². The van der Waals surface area contributed by atoms with Gasteiger partial charge in [0.15, 0.2) is 0 Å². The average molecular weight is 395 g/mol. The zero-order chi connectivity index (χ0) is 19.5. The molecule has 0 atom stereocenters. The lowest BCUT2D eigenvalue weighted by Crippen LogP contribution is -2.15. The molecule has 2 aromatic heterocycles. The van der Waals surface area contributed by atoms with Crippen molar-refractivity contribution in [2.75, 3.05) is 20.6 Å². The van der Waals surface area contributed by atoms with Crippen molar-refractivity contribution in [3.8, 4) is 11.5 Å². The summed E-state index contributed by atoms with van der Waals surface area (Å²) < 4.78 is 0. The lowest BCUT2D eigenvalue weighted by molar-refractivity contribution is 0.414. The SMILES string of the molecule is CN(C)CCc1cccc2[nH]c(-c3nnn(CCc4ccc(Cl)cc4)n3)cc12. The Morgan fingerprint density at radius 2 is 1.89 bits per heavy atom. The van der Waals surface area contributed by atoms with Crippen molar-refractivity contribution in [2.45, 2.75) is 19.4 Å². The third-order valence-corrected chi connectivity index (χ3v) is 5.04. The number of nitrogens with one attached hydrogen (secondary N) is 1. The molecule has 144 valence electrons. The molecule has 0 radical (unpaired) electrons. The molecule has 28 heavy (non-hydrogen) atoms. The third kappa shape index (κ3) is 4.24. The number of aromatic amines is 1. The summed E-state index contributed by atoms with van der Waals surface area (Å²) in [6.07, 6.45) is 1.83. The van der Waals surface area contributed by atoms with Gasteiger partial charge >= 0.3 is 0 Å². The first kappa shape index (κ1) is 18.7. The zero-order valence-corrected chi connectivity index (χ0v) is 16.8. The Labute approximate surface area is 169 Å². The van der Waals surface area contributed by atoms with Crippen molar-refractivity contribution in [2.24, 2.45) is 0 Å².